The number of nitrogens with zero attached hydrogens (tertiary/aromatic N) is 1. The average molecular weight is 169 g/mol. The van der Waals surface area contributed by atoms with Gasteiger partial charge >= 0.3 is 0 Å². The predicted octanol–water partition coefficient (Wildman–Crippen LogP) is 2.91. The lowest BCUT2D eigenvalue weighted by molar-refractivity contribution is 0.155. The molecule has 1 rings (SSSR count). The summed E-state index contributed by atoms with van der Waals surface area (Å²) in [6.45, 7) is 9.35. The van der Waals surface area contributed by atoms with Crippen LogP contribution in [0.25, 0.3) is 0 Å². The zero-order chi connectivity index (χ0) is 9.35. The largest absolute Gasteiger partial charge is 0.298 e. The third-order valence-electron chi connectivity index (χ3n) is 3.34. The first-order valence-electron chi connectivity index (χ1n) is 5.16. The number of rotatable bonds is 2. The number of hydrogen-bond donors (Lipinski definition) is 0. The smallest absolute Gasteiger partial charge is 0.0153 e. The topological polar surface area (TPSA) is 3.24 Å². The van der Waals surface area contributed by atoms with E-state index in [1.54, 1.807) is 0 Å². The standard InChI is InChI=1S/C11H23N/c1-9(2)8-10-6-7-11(3,4)12(10)5/h9-10H,6-8H2,1-5H3. The maximum Gasteiger partial charge on any atom is 0.0153 e. The van der Waals surface area contributed by atoms with Crippen LogP contribution in [0.4, 0.5) is 0 Å². The SMILES string of the molecule is CC(C)CC1CCC(C)(C)N1C. The second-order valence-corrected chi connectivity index (χ2v) is 5.25. The summed E-state index contributed by atoms with van der Waals surface area (Å²) in [5.41, 5.74) is 0.444. The van der Waals surface area contributed by atoms with Crippen molar-refractivity contribution in [3.8, 4) is 0 Å². The van der Waals surface area contributed by atoms with Crippen LogP contribution in [0.15, 0.2) is 0 Å². The molecule has 0 aromatic carbocycles. The van der Waals surface area contributed by atoms with Gasteiger partial charge < -0.3 is 0 Å². The summed E-state index contributed by atoms with van der Waals surface area (Å²) in [5, 5.41) is 0. The summed E-state index contributed by atoms with van der Waals surface area (Å²) >= 11 is 0. The molecule has 0 aromatic heterocycles. The van der Waals surface area contributed by atoms with Crippen LogP contribution in [0.3, 0.4) is 0 Å². The van der Waals surface area contributed by atoms with Crippen LogP contribution in [0.2, 0.25) is 0 Å². The summed E-state index contributed by atoms with van der Waals surface area (Å²) in [4.78, 5) is 2.56. The highest BCUT2D eigenvalue weighted by atomic mass is 15.2. The van der Waals surface area contributed by atoms with Gasteiger partial charge in [0.15, 0.2) is 0 Å². The Hall–Kier alpha value is -0.0400. The molecule has 1 aliphatic heterocycles. The molecule has 1 saturated heterocycles. The van der Waals surface area contributed by atoms with Crippen molar-refractivity contribution < 1.29 is 0 Å². The fraction of sp³-hybridized carbons (Fsp3) is 1.00. The first-order chi connectivity index (χ1) is 5.43. The van der Waals surface area contributed by atoms with Crippen molar-refractivity contribution in [3.63, 3.8) is 0 Å². The molecule has 1 nitrogen and oxygen atoms in total. The highest BCUT2D eigenvalue weighted by molar-refractivity contribution is 4.92. The fourth-order valence-electron chi connectivity index (χ4n) is 2.20. The minimum Gasteiger partial charge on any atom is -0.298 e. The molecule has 0 aromatic rings. The fourth-order valence-corrected chi connectivity index (χ4v) is 2.20. The van der Waals surface area contributed by atoms with Gasteiger partial charge in [0.1, 0.15) is 0 Å². The Balaban J connectivity index is 2.50. The lowest BCUT2D eigenvalue weighted by Gasteiger charge is -2.32. The average Bonchev–Trinajstić information content (AvgIpc) is 2.15. The van der Waals surface area contributed by atoms with Crippen LogP contribution in [-0.2, 0) is 0 Å². The van der Waals surface area contributed by atoms with Gasteiger partial charge in [-0.15, -0.1) is 0 Å². The van der Waals surface area contributed by atoms with Gasteiger partial charge in [0, 0.05) is 11.6 Å². The van der Waals surface area contributed by atoms with Crippen molar-refractivity contribution in [3.05, 3.63) is 0 Å². The minimum absolute atomic E-state index is 0.444. The van der Waals surface area contributed by atoms with E-state index in [4.69, 9.17) is 0 Å². The highest BCUT2D eigenvalue weighted by Crippen LogP contribution is 2.34. The summed E-state index contributed by atoms with van der Waals surface area (Å²) in [7, 11) is 2.28. The Bertz CT molecular complexity index is 149. The van der Waals surface area contributed by atoms with Crippen molar-refractivity contribution in [1.82, 2.24) is 4.90 Å². The molecule has 1 fully saturated rings. The third-order valence-corrected chi connectivity index (χ3v) is 3.34. The molecule has 1 aliphatic rings. The van der Waals surface area contributed by atoms with E-state index >= 15 is 0 Å². The maximum atomic E-state index is 2.56. The van der Waals surface area contributed by atoms with Gasteiger partial charge in [-0.1, -0.05) is 13.8 Å². The Labute approximate surface area is 77.1 Å². The van der Waals surface area contributed by atoms with E-state index in [-0.39, 0.29) is 0 Å². The Morgan fingerprint density at radius 3 is 2.33 bits per heavy atom. The summed E-state index contributed by atoms with van der Waals surface area (Å²) in [6, 6.07) is 0.833. The van der Waals surface area contributed by atoms with Gasteiger partial charge in [0.25, 0.3) is 0 Å². The van der Waals surface area contributed by atoms with Crippen LogP contribution in [0.1, 0.15) is 47.0 Å². The van der Waals surface area contributed by atoms with Crippen LogP contribution in [-0.4, -0.2) is 23.5 Å². The van der Waals surface area contributed by atoms with Crippen LogP contribution < -0.4 is 0 Å². The van der Waals surface area contributed by atoms with E-state index in [0.29, 0.717) is 5.54 Å². The Morgan fingerprint density at radius 2 is 2.00 bits per heavy atom. The molecule has 1 heterocycles. The molecule has 1 atom stereocenters. The zero-order valence-corrected chi connectivity index (χ0v) is 9.22. The van der Waals surface area contributed by atoms with Crippen LogP contribution >= 0.6 is 0 Å². The monoisotopic (exact) mass is 169 g/mol. The molecule has 0 bridgehead atoms. The Kier molecular flexibility index (Phi) is 2.82. The molecule has 0 spiro atoms. The lowest BCUT2D eigenvalue weighted by atomic mass is 10.0. The van der Waals surface area contributed by atoms with E-state index < -0.39 is 0 Å². The highest BCUT2D eigenvalue weighted by Gasteiger charge is 2.36. The number of likely N-dealkylation sites (tertiary alicyclic amines) is 1. The summed E-state index contributed by atoms with van der Waals surface area (Å²) in [5.74, 6) is 0.839. The quantitative estimate of drug-likeness (QED) is 0.614. The molecule has 12 heavy (non-hydrogen) atoms. The molecule has 0 aliphatic carbocycles. The van der Waals surface area contributed by atoms with E-state index in [1.807, 2.05) is 0 Å². The van der Waals surface area contributed by atoms with Crippen LogP contribution in [0.5, 0.6) is 0 Å². The van der Waals surface area contributed by atoms with E-state index in [1.165, 1.54) is 19.3 Å². The minimum atomic E-state index is 0.444. The first-order valence-corrected chi connectivity index (χ1v) is 5.16. The van der Waals surface area contributed by atoms with Gasteiger partial charge in [0.05, 0.1) is 0 Å². The summed E-state index contributed by atoms with van der Waals surface area (Å²) in [6.07, 6.45) is 4.11. The van der Waals surface area contributed by atoms with E-state index in [0.717, 1.165) is 12.0 Å². The van der Waals surface area contributed by atoms with Crippen molar-refractivity contribution in [1.29, 1.82) is 0 Å². The Morgan fingerprint density at radius 1 is 1.42 bits per heavy atom. The molecule has 0 saturated carbocycles. The molecule has 72 valence electrons. The number of hydrogen-bond acceptors (Lipinski definition) is 1. The van der Waals surface area contributed by atoms with Crippen molar-refractivity contribution >= 4 is 0 Å². The molecular formula is C11H23N. The predicted molar refractivity (Wildman–Crippen MR) is 54.3 cm³/mol. The van der Waals surface area contributed by atoms with Gasteiger partial charge in [-0.3, -0.25) is 4.90 Å². The normalized spacial score (nSPS) is 30.0. The van der Waals surface area contributed by atoms with Crippen molar-refractivity contribution in [2.45, 2.75) is 58.5 Å². The molecule has 0 N–H and O–H groups in total. The lowest BCUT2D eigenvalue weighted by Crippen LogP contribution is -2.39. The maximum absolute atomic E-state index is 2.56. The van der Waals surface area contributed by atoms with Gasteiger partial charge in [0.2, 0.25) is 0 Å². The molecule has 1 unspecified atom stereocenters. The second-order valence-electron chi connectivity index (χ2n) is 5.25. The molecule has 0 radical (unpaired) electrons. The molecular weight excluding hydrogens is 146 g/mol. The van der Waals surface area contributed by atoms with Gasteiger partial charge in [-0.2, -0.15) is 0 Å². The first kappa shape index (κ1) is 10.0. The van der Waals surface area contributed by atoms with Crippen molar-refractivity contribution in [2.75, 3.05) is 7.05 Å². The van der Waals surface area contributed by atoms with Crippen LogP contribution in [0, 0.1) is 5.92 Å². The molecule has 0 amide bonds. The van der Waals surface area contributed by atoms with E-state index in [9.17, 15) is 0 Å². The molecule has 1 heteroatoms. The van der Waals surface area contributed by atoms with E-state index in [2.05, 4.69) is 39.6 Å². The van der Waals surface area contributed by atoms with Crippen molar-refractivity contribution in [2.24, 2.45) is 5.92 Å². The third kappa shape index (κ3) is 2.01. The second kappa shape index (κ2) is 3.37. The summed E-state index contributed by atoms with van der Waals surface area (Å²) < 4.78 is 0. The zero-order valence-electron chi connectivity index (χ0n) is 9.22. The van der Waals surface area contributed by atoms with Gasteiger partial charge in [-0.05, 0) is 46.1 Å². The van der Waals surface area contributed by atoms with Gasteiger partial charge in [-0.25, -0.2) is 0 Å².